The van der Waals surface area contributed by atoms with Crippen molar-refractivity contribution in [2.24, 2.45) is 0 Å². The van der Waals surface area contributed by atoms with Crippen molar-refractivity contribution in [2.75, 3.05) is 12.8 Å². The van der Waals surface area contributed by atoms with E-state index in [-0.39, 0.29) is 11.4 Å². The van der Waals surface area contributed by atoms with Gasteiger partial charge in [0.05, 0.1) is 12.8 Å². The number of methoxy groups -OCH3 is 1. The van der Waals surface area contributed by atoms with Crippen molar-refractivity contribution < 1.29 is 19.0 Å². The van der Waals surface area contributed by atoms with Gasteiger partial charge in [-0.3, -0.25) is 0 Å². The third-order valence-electron chi connectivity index (χ3n) is 1.54. The quantitative estimate of drug-likeness (QED) is 0.677. The number of nitrogens with two attached hydrogens (primary N) is 1. The minimum Gasteiger partial charge on any atom is -0.497 e. The second kappa shape index (κ2) is 3.30. The fourth-order valence-corrected chi connectivity index (χ4v) is 0.893. The average molecular weight is 185 g/mol. The molecule has 0 unspecified atom stereocenters. The molecule has 0 bridgehead atoms. The van der Waals surface area contributed by atoms with Crippen LogP contribution in [0, 0.1) is 5.82 Å². The van der Waals surface area contributed by atoms with Crippen LogP contribution in [-0.4, -0.2) is 18.2 Å². The van der Waals surface area contributed by atoms with Gasteiger partial charge in [-0.05, 0) is 6.07 Å². The summed E-state index contributed by atoms with van der Waals surface area (Å²) in [5.74, 6) is -2.09. The van der Waals surface area contributed by atoms with E-state index in [0.717, 1.165) is 6.07 Å². The van der Waals surface area contributed by atoms with Crippen LogP contribution in [0.15, 0.2) is 12.1 Å². The van der Waals surface area contributed by atoms with Gasteiger partial charge in [0.15, 0.2) is 5.82 Å². The van der Waals surface area contributed by atoms with E-state index in [1.807, 2.05) is 0 Å². The topological polar surface area (TPSA) is 72.5 Å². The van der Waals surface area contributed by atoms with Crippen LogP contribution in [0.5, 0.6) is 5.75 Å². The summed E-state index contributed by atoms with van der Waals surface area (Å²) in [7, 11) is 1.35. The number of carboxylic acids is 1. The molecule has 0 fully saturated rings. The van der Waals surface area contributed by atoms with E-state index in [1.54, 1.807) is 0 Å². The van der Waals surface area contributed by atoms with E-state index in [2.05, 4.69) is 0 Å². The van der Waals surface area contributed by atoms with Crippen LogP contribution in [0.2, 0.25) is 0 Å². The Balaban J connectivity index is 3.33. The van der Waals surface area contributed by atoms with Gasteiger partial charge in [0, 0.05) is 6.07 Å². The highest BCUT2D eigenvalue weighted by Gasteiger charge is 2.14. The summed E-state index contributed by atoms with van der Waals surface area (Å²) in [6.45, 7) is 0. The van der Waals surface area contributed by atoms with E-state index in [9.17, 15) is 9.18 Å². The summed E-state index contributed by atoms with van der Waals surface area (Å²) in [4.78, 5) is 10.5. The number of nitrogen functional groups attached to an aromatic ring is 1. The van der Waals surface area contributed by atoms with Gasteiger partial charge >= 0.3 is 5.97 Å². The summed E-state index contributed by atoms with van der Waals surface area (Å²) in [6.07, 6.45) is 0. The maximum absolute atomic E-state index is 13.0. The molecule has 1 rings (SSSR count). The van der Waals surface area contributed by atoms with E-state index in [1.165, 1.54) is 13.2 Å². The van der Waals surface area contributed by atoms with Crippen LogP contribution in [-0.2, 0) is 0 Å². The van der Waals surface area contributed by atoms with Gasteiger partial charge in [-0.2, -0.15) is 0 Å². The standard InChI is InChI=1S/C8H8FNO3/c1-13-4-2-5(8(11)12)7(9)6(10)3-4/h2-3H,10H2,1H3,(H,11,12). The molecule has 0 heterocycles. The summed E-state index contributed by atoms with van der Waals surface area (Å²) in [6, 6.07) is 2.30. The van der Waals surface area contributed by atoms with Gasteiger partial charge in [0.1, 0.15) is 11.3 Å². The maximum Gasteiger partial charge on any atom is 0.338 e. The number of halogens is 1. The van der Waals surface area contributed by atoms with Gasteiger partial charge in [0.25, 0.3) is 0 Å². The van der Waals surface area contributed by atoms with Crippen LogP contribution < -0.4 is 10.5 Å². The molecule has 5 heteroatoms. The largest absolute Gasteiger partial charge is 0.497 e. The molecule has 4 nitrogen and oxygen atoms in total. The Hall–Kier alpha value is -1.78. The summed E-state index contributed by atoms with van der Waals surface area (Å²) >= 11 is 0. The third kappa shape index (κ3) is 1.69. The lowest BCUT2D eigenvalue weighted by atomic mass is 10.2. The molecule has 0 aliphatic heterocycles. The van der Waals surface area contributed by atoms with Crippen LogP contribution >= 0.6 is 0 Å². The van der Waals surface area contributed by atoms with Crippen LogP contribution in [0.3, 0.4) is 0 Å². The maximum atomic E-state index is 13.0. The lowest BCUT2D eigenvalue weighted by Gasteiger charge is -2.04. The molecule has 0 aliphatic carbocycles. The molecule has 0 saturated carbocycles. The predicted molar refractivity (Wildman–Crippen MR) is 44.3 cm³/mol. The molecular weight excluding hydrogens is 177 g/mol. The smallest absolute Gasteiger partial charge is 0.338 e. The molecule has 13 heavy (non-hydrogen) atoms. The first-order valence-electron chi connectivity index (χ1n) is 3.42. The Morgan fingerprint density at radius 1 is 1.62 bits per heavy atom. The molecule has 0 aromatic heterocycles. The van der Waals surface area contributed by atoms with Crippen molar-refractivity contribution in [2.45, 2.75) is 0 Å². The average Bonchev–Trinajstić information content (AvgIpc) is 2.09. The fraction of sp³-hybridized carbons (Fsp3) is 0.125. The number of carbonyl (C=O) groups is 1. The zero-order valence-corrected chi connectivity index (χ0v) is 6.87. The van der Waals surface area contributed by atoms with Crippen LogP contribution in [0.25, 0.3) is 0 Å². The Morgan fingerprint density at radius 2 is 2.23 bits per heavy atom. The predicted octanol–water partition coefficient (Wildman–Crippen LogP) is 1.11. The minimum atomic E-state index is -1.37. The summed E-state index contributed by atoms with van der Waals surface area (Å²) < 4.78 is 17.7. The first-order chi connectivity index (χ1) is 6.06. The number of aromatic carboxylic acids is 1. The molecule has 0 aliphatic rings. The van der Waals surface area contributed by atoms with Crippen molar-refractivity contribution >= 4 is 11.7 Å². The highest BCUT2D eigenvalue weighted by atomic mass is 19.1. The molecule has 3 N–H and O–H groups in total. The number of anilines is 1. The highest BCUT2D eigenvalue weighted by Crippen LogP contribution is 2.22. The lowest BCUT2D eigenvalue weighted by Crippen LogP contribution is -2.04. The minimum absolute atomic E-state index is 0.219. The van der Waals surface area contributed by atoms with Crippen molar-refractivity contribution in [1.82, 2.24) is 0 Å². The molecule has 0 atom stereocenters. The van der Waals surface area contributed by atoms with E-state index in [4.69, 9.17) is 15.6 Å². The molecular formula is C8H8FNO3. The number of hydrogen-bond donors (Lipinski definition) is 2. The summed E-state index contributed by atoms with van der Waals surface area (Å²) in [5, 5.41) is 8.56. The van der Waals surface area contributed by atoms with Gasteiger partial charge < -0.3 is 15.6 Å². The van der Waals surface area contributed by atoms with Gasteiger partial charge in [-0.1, -0.05) is 0 Å². The molecule has 0 radical (unpaired) electrons. The molecule has 70 valence electrons. The van der Waals surface area contributed by atoms with Crippen LogP contribution in [0.4, 0.5) is 10.1 Å². The zero-order chi connectivity index (χ0) is 10.0. The van der Waals surface area contributed by atoms with E-state index in [0.29, 0.717) is 0 Å². The molecule has 0 saturated heterocycles. The van der Waals surface area contributed by atoms with Crippen molar-refractivity contribution in [1.29, 1.82) is 0 Å². The van der Waals surface area contributed by atoms with Crippen molar-refractivity contribution in [3.63, 3.8) is 0 Å². The number of rotatable bonds is 2. The van der Waals surface area contributed by atoms with Gasteiger partial charge in [0.2, 0.25) is 0 Å². The Morgan fingerprint density at radius 3 is 2.69 bits per heavy atom. The van der Waals surface area contributed by atoms with Crippen molar-refractivity contribution in [3.05, 3.63) is 23.5 Å². The second-order valence-electron chi connectivity index (χ2n) is 2.38. The first kappa shape index (κ1) is 9.31. The highest BCUT2D eigenvalue weighted by molar-refractivity contribution is 5.89. The molecule has 0 spiro atoms. The Kier molecular flexibility index (Phi) is 2.36. The van der Waals surface area contributed by atoms with E-state index >= 15 is 0 Å². The Labute approximate surface area is 73.7 Å². The number of carboxylic acid groups (broad SMARTS) is 1. The lowest BCUT2D eigenvalue weighted by molar-refractivity contribution is 0.0691. The fourth-order valence-electron chi connectivity index (χ4n) is 0.893. The second-order valence-corrected chi connectivity index (χ2v) is 2.38. The number of benzene rings is 1. The van der Waals surface area contributed by atoms with Gasteiger partial charge in [-0.15, -0.1) is 0 Å². The molecule has 1 aromatic rings. The monoisotopic (exact) mass is 185 g/mol. The van der Waals surface area contributed by atoms with Crippen LogP contribution in [0.1, 0.15) is 10.4 Å². The van der Waals surface area contributed by atoms with Crippen molar-refractivity contribution in [3.8, 4) is 5.75 Å². The van der Waals surface area contributed by atoms with E-state index < -0.39 is 17.3 Å². The van der Waals surface area contributed by atoms with Gasteiger partial charge in [-0.25, -0.2) is 9.18 Å². The number of ether oxygens (including phenoxy) is 1. The Bertz CT molecular complexity index is 351. The SMILES string of the molecule is COc1cc(N)c(F)c(C(=O)O)c1. The molecule has 1 aromatic carbocycles. The normalized spacial score (nSPS) is 9.69. The first-order valence-corrected chi connectivity index (χ1v) is 3.42. The summed E-state index contributed by atoms with van der Waals surface area (Å²) in [5.41, 5.74) is 4.49. The molecule has 0 amide bonds. The number of hydrogen-bond acceptors (Lipinski definition) is 3. The third-order valence-corrected chi connectivity index (χ3v) is 1.54. The zero-order valence-electron chi connectivity index (χ0n) is 6.87.